The minimum absolute atomic E-state index is 0.314. The highest BCUT2D eigenvalue weighted by Crippen LogP contribution is 2.21. The molecule has 1 aliphatic rings. The molecule has 0 spiro atoms. The van der Waals surface area contributed by atoms with E-state index in [2.05, 4.69) is 5.32 Å². The maximum absolute atomic E-state index is 11.9. The molecule has 0 aromatic heterocycles. The van der Waals surface area contributed by atoms with Crippen molar-refractivity contribution < 1.29 is 24.2 Å². The van der Waals surface area contributed by atoms with Crippen LogP contribution in [0.1, 0.15) is 23.2 Å². The Morgan fingerprint density at radius 3 is 2.25 bits per heavy atom. The lowest BCUT2D eigenvalue weighted by Crippen LogP contribution is -2.29. The van der Waals surface area contributed by atoms with Crippen LogP contribution in [0.4, 0.5) is 5.69 Å². The first-order valence-electron chi connectivity index (χ1n) is 6.06. The van der Waals surface area contributed by atoms with Crippen molar-refractivity contribution in [1.29, 1.82) is 0 Å². The molecule has 0 aliphatic carbocycles. The van der Waals surface area contributed by atoms with E-state index in [0.29, 0.717) is 24.1 Å². The first kappa shape index (κ1) is 14.0. The molecule has 4 N–H and O–H groups in total. The average molecular weight is 278 g/mol. The van der Waals surface area contributed by atoms with Gasteiger partial charge in [-0.25, -0.2) is 4.79 Å². The number of carboxylic acid groups (broad SMARTS) is 1. The molecule has 2 amide bonds. The van der Waals surface area contributed by atoms with Crippen LogP contribution < -0.4 is 11.1 Å². The summed E-state index contributed by atoms with van der Waals surface area (Å²) in [4.78, 5) is 33.5. The number of hydrogen-bond donors (Lipinski definition) is 3. The number of ether oxygens (including phenoxy) is 1. The summed E-state index contributed by atoms with van der Waals surface area (Å²) in [6.45, 7) is 0. The number of aliphatic carboxylic acids is 1. The first-order valence-corrected chi connectivity index (χ1v) is 6.06. The molecule has 1 aliphatic heterocycles. The number of nitrogens with two attached hydrogens (primary N) is 1. The molecule has 7 heteroatoms. The minimum atomic E-state index is -1.06. The molecule has 0 bridgehead atoms. The van der Waals surface area contributed by atoms with Gasteiger partial charge in [0, 0.05) is 11.3 Å². The number of amides is 2. The van der Waals surface area contributed by atoms with Gasteiger partial charge in [-0.3, -0.25) is 9.59 Å². The fourth-order valence-electron chi connectivity index (χ4n) is 1.95. The molecule has 1 saturated heterocycles. The number of carbonyl (C=O) groups is 3. The summed E-state index contributed by atoms with van der Waals surface area (Å²) < 4.78 is 5.13. The molecule has 0 radical (unpaired) electrons. The van der Waals surface area contributed by atoms with Crippen LogP contribution >= 0.6 is 0 Å². The second-order valence-electron chi connectivity index (χ2n) is 4.46. The van der Waals surface area contributed by atoms with Crippen molar-refractivity contribution in [3.63, 3.8) is 0 Å². The van der Waals surface area contributed by atoms with Crippen molar-refractivity contribution in [2.45, 2.75) is 25.0 Å². The number of rotatable bonds is 4. The van der Waals surface area contributed by atoms with Gasteiger partial charge in [-0.05, 0) is 37.1 Å². The molecular formula is C13H14N2O5. The van der Waals surface area contributed by atoms with E-state index >= 15 is 0 Å². The Morgan fingerprint density at radius 1 is 1.15 bits per heavy atom. The number of anilines is 1. The number of primary amides is 1. The van der Waals surface area contributed by atoms with Crippen LogP contribution in [0.3, 0.4) is 0 Å². The smallest absolute Gasteiger partial charge is 0.332 e. The van der Waals surface area contributed by atoms with Crippen molar-refractivity contribution >= 4 is 23.5 Å². The third-order valence-electron chi connectivity index (χ3n) is 3.02. The molecule has 2 rings (SSSR count). The Labute approximate surface area is 114 Å². The summed E-state index contributed by atoms with van der Waals surface area (Å²) in [6, 6.07) is 6.07. The van der Waals surface area contributed by atoms with Crippen molar-refractivity contribution in [2.75, 3.05) is 5.32 Å². The van der Waals surface area contributed by atoms with Gasteiger partial charge in [-0.15, -0.1) is 0 Å². The highest BCUT2D eigenvalue weighted by atomic mass is 16.5. The Balaban J connectivity index is 1.95. The van der Waals surface area contributed by atoms with Gasteiger partial charge in [0.2, 0.25) is 5.91 Å². The van der Waals surface area contributed by atoms with E-state index in [-0.39, 0.29) is 0 Å². The Hall–Kier alpha value is -2.41. The predicted octanol–water partition coefficient (Wildman–Crippen LogP) is 0.356. The van der Waals surface area contributed by atoms with Crippen LogP contribution in [0.15, 0.2) is 24.3 Å². The van der Waals surface area contributed by atoms with Crippen molar-refractivity contribution in [3.8, 4) is 0 Å². The molecular weight excluding hydrogens is 264 g/mol. The Bertz CT molecular complexity index is 540. The molecule has 1 heterocycles. The molecule has 0 saturated carbocycles. The molecule has 0 unspecified atom stereocenters. The zero-order valence-corrected chi connectivity index (χ0v) is 10.5. The Morgan fingerprint density at radius 2 is 1.75 bits per heavy atom. The van der Waals surface area contributed by atoms with Gasteiger partial charge < -0.3 is 20.9 Å². The topological polar surface area (TPSA) is 119 Å². The number of hydrogen-bond acceptors (Lipinski definition) is 4. The predicted molar refractivity (Wildman–Crippen MR) is 69.1 cm³/mol. The molecule has 7 nitrogen and oxygen atoms in total. The summed E-state index contributed by atoms with van der Waals surface area (Å²) in [7, 11) is 0. The van der Waals surface area contributed by atoms with Crippen LogP contribution in [-0.4, -0.2) is 35.1 Å². The summed E-state index contributed by atoms with van der Waals surface area (Å²) in [5.41, 5.74) is 5.93. The van der Waals surface area contributed by atoms with Crippen LogP contribution in [0.25, 0.3) is 0 Å². The maximum atomic E-state index is 11.9. The fourth-order valence-corrected chi connectivity index (χ4v) is 1.95. The van der Waals surface area contributed by atoms with E-state index in [9.17, 15) is 14.4 Å². The van der Waals surface area contributed by atoms with Crippen molar-refractivity contribution in [3.05, 3.63) is 29.8 Å². The van der Waals surface area contributed by atoms with Crippen molar-refractivity contribution in [2.24, 2.45) is 5.73 Å². The first-order chi connectivity index (χ1) is 9.47. The molecule has 1 fully saturated rings. The van der Waals surface area contributed by atoms with E-state index in [0.717, 1.165) is 0 Å². The van der Waals surface area contributed by atoms with Gasteiger partial charge in [-0.2, -0.15) is 0 Å². The summed E-state index contributed by atoms with van der Waals surface area (Å²) in [5.74, 6) is -2.02. The van der Waals surface area contributed by atoms with Gasteiger partial charge in [0.15, 0.2) is 6.10 Å². The monoisotopic (exact) mass is 278 g/mol. The fraction of sp³-hybridized carbons (Fsp3) is 0.308. The highest BCUT2D eigenvalue weighted by molar-refractivity contribution is 5.96. The number of nitrogens with one attached hydrogen (secondary N) is 1. The summed E-state index contributed by atoms with van der Waals surface area (Å²) in [6.07, 6.45) is -1.02. The van der Waals surface area contributed by atoms with Gasteiger partial charge in [-0.1, -0.05) is 0 Å². The highest BCUT2D eigenvalue weighted by Gasteiger charge is 2.34. The van der Waals surface area contributed by atoms with Crippen molar-refractivity contribution in [1.82, 2.24) is 0 Å². The number of carbonyl (C=O) groups excluding carboxylic acids is 2. The van der Waals surface area contributed by atoms with E-state index < -0.39 is 30.0 Å². The molecule has 1 aromatic rings. The quantitative estimate of drug-likeness (QED) is 0.734. The lowest BCUT2D eigenvalue weighted by molar-refractivity contribution is -0.150. The standard InChI is InChI=1S/C13H14N2O5/c14-11(16)7-1-3-8(4-2-7)15-12(17)9-5-6-10(20-9)13(18)19/h1-4,9-10H,5-6H2,(H2,14,16)(H,15,17)(H,18,19)/t9-,10+/m0/s1. The number of benzene rings is 1. The summed E-state index contributed by atoms with van der Waals surface area (Å²) in [5, 5.41) is 11.4. The largest absolute Gasteiger partial charge is 0.479 e. The van der Waals surface area contributed by atoms with E-state index in [1.165, 1.54) is 12.1 Å². The normalized spacial score (nSPS) is 21.4. The Kier molecular flexibility index (Phi) is 3.99. The van der Waals surface area contributed by atoms with Gasteiger partial charge in [0.25, 0.3) is 5.91 Å². The maximum Gasteiger partial charge on any atom is 0.332 e. The zero-order valence-electron chi connectivity index (χ0n) is 10.5. The van der Waals surface area contributed by atoms with E-state index in [1.54, 1.807) is 12.1 Å². The third kappa shape index (κ3) is 3.12. The van der Waals surface area contributed by atoms with Crippen LogP contribution in [0.5, 0.6) is 0 Å². The third-order valence-corrected chi connectivity index (χ3v) is 3.02. The van der Waals surface area contributed by atoms with Crippen LogP contribution in [0, 0.1) is 0 Å². The second-order valence-corrected chi connectivity index (χ2v) is 4.46. The zero-order chi connectivity index (χ0) is 14.7. The molecule has 106 valence electrons. The lowest BCUT2D eigenvalue weighted by atomic mass is 10.1. The van der Waals surface area contributed by atoms with Gasteiger partial charge in [0.1, 0.15) is 6.10 Å². The lowest BCUT2D eigenvalue weighted by Gasteiger charge is -2.11. The van der Waals surface area contributed by atoms with Crippen LogP contribution in [0.2, 0.25) is 0 Å². The van der Waals surface area contributed by atoms with E-state index in [1.807, 2.05) is 0 Å². The van der Waals surface area contributed by atoms with Crippen LogP contribution in [-0.2, 0) is 14.3 Å². The second kappa shape index (κ2) is 5.70. The molecule has 1 aromatic carbocycles. The molecule has 20 heavy (non-hydrogen) atoms. The average Bonchev–Trinajstić information content (AvgIpc) is 2.89. The minimum Gasteiger partial charge on any atom is -0.479 e. The van der Waals surface area contributed by atoms with E-state index in [4.69, 9.17) is 15.6 Å². The summed E-state index contributed by atoms with van der Waals surface area (Å²) >= 11 is 0. The van der Waals surface area contributed by atoms with Gasteiger partial charge >= 0.3 is 5.97 Å². The van der Waals surface area contributed by atoms with Gasteiger partial charge in [0.05, 0.1) is 0 Å². The molecule has 2 atom stereocenters. The SMILES string of the molecule is NC(=O)c1ccc(NC(=O)[C@@H]2CC[C@H](C(=O)O)O2)cc1. The number of carboxylic acids is 1.